The molecule has 36 heavy (non-hydrogen) atoms. The summed E-state index contributed by atoms with van der Waals surface area (Å²) in [6, 6.07) is 7.77. The normalized spacial score (nSPS) is 11.7. The van der Waals surface area contributed by atoms with Crippen LogP contribution in [0.4, 0.5) is 13.2 Å². The highest BCUT2D eigenvalue weighted by Crippen LogP contribution is 2.36. The topological polar surface area (TPSA) is 92.3 Å². The number of carbonyl (C=O) groups excluding carboxylic acids is 1. The van der Waals surface area contributed by atoms with Gasteiger partial charge in [0.25, 0.3) is 5.56 Å². The second kappa shape index (κ2) is 9.43. The van der Waals surface area contributed by atoms with Crippen molar-refractivity contribution in [1.29, 1.82) is 0 Å². The van der Waals surface area contributed by atoms with Crippen molar-refractivity contribution in [3.05, 3.63) is 94.8 Å². The summed E-state index contributed by atoms with van der Waals surface area (Å²) in [6.45, 7) is 0.843. The summed E-state index contributed by atoms with van der Waals surface area (Å²) in [5, 5.41) is -0.667. The van der Waals surface area contributed by atoms with Crippen molar-refractivity contribution in [1.82, 2.24) is 13.7 Å². The third-order valence-corrected chi connectivity index (χ3v) is 6.87. The third kappa shape index (κ3) is 4.49. The molecular formula is C23H17ClF3N3O5S. The summed E-state index contributed by atoms with van der Waals surface area (Å²) in [6.07, 6.45) is -3.74. The summed E-state index contributed by atoms with van der Waals surface area (Å²) in [5.41, 5.74) is -2.91. The highest BCUT2D eigenvalue weighted by molar-refractivity contribution is 7.16. The van der Waals surface area contributed by atoms with Crippen molar-refractivity contribution >= 4 is 39.1 Å². The fraction of sp³-hybridized carbons (Fsp3) is 0.217. The molecule has 0 unspecified atom stereocenters. The molecule has 13 heteroatoms. The number of alkyl halides is 3. The summed E-state index contributed by atoms with van der Waals surface area (Å²) in [5.74, 6) is -1.01. The number of fused-ring (bicyclic) bond motifs is 1. The van der Waals surface area contributed by atoms with Crippen molar-refractivity contribution < 1.29 is 22.7 Å². The van der Waals surface area contributed by atoms with Crippen LogP contribution in [0.3, 0.4) is 0 Å². The highest BCUT2D eigenvalue weighted by atomic mass is 35.5. The van der Waals surface area contributed by atoms with E-state index in [0.29, 0.717) is 14.8 Å². The maximum Gasteiger partial charge on any atom is 0.417 e. The molecular weight excluding hydrogens is 523 g/mol. The van der Waals surface area contributed by atoms with Crippen LogP contribution in [-0.2, 0) is 24.5 Å². The first kappa shape index (κ1) is 25.5. The molecule has 188 valence electrons. The van der Waals surface area contributed by atoms with E-state index in [2.05, 4.69) is 0 Å². The largest absolute Gasteiger partial charge is 0.462 e. The van der Waals surface area contributed by atoms with Gasteiger partial charge in [-0.1, -0.05) is 35.1 Å². The number of carbonyl (C=O) groups is 1. The van der Waals surface area contributed by atoms with E-state index in [4.69, 9.17) is 16.3 Å². The van der Waals surface area contributed by atoms with Crippen LogP contribution in [0.5, 0.6) is 0 Å². The van der Waals surface area contributed by atoms with Crippen LogP contribution in [0, 0.1) is 0 Å². The van der Waals surface area contributed by atoms with Crippen LogP contribution in [0.15, 0.2) is 57.0 Å². The molecule has 0 aliphatic heterocycles. The van der Waals surface area contributed by atoms with E-state index in [0.717, 1.165) is 34.2 Å². The van der Waals surface area contributed by atoms with Gasteiger partial charge in [-0.2, -0.15) is 13.2 Å². The Hall–Kier alpha value is -3.64. The molecule has 4 rings (SSSR count). The Bertz CT molecular complexity index is 1680. The van der Waals surface area contributed by atoms with Gasteiger partial charge in [-0.05, 0) is 36.8 Å². The molecule has 0 saturated heterocycles. The maximum atomic E-state index is 13.4. The summed E-state index contributed by atoms with van der Waals surface area (Å²) in [4.78, 5) is 50.8. The van der Waals surface area contributed by atoms with Gasteiger partial charge < -0.3 is 9.30 Å². The zero-order chi connectivity index (χ0) is 26.4. The fourth-order valence-corrected chi connectivity index (χ4v) is 4.84. The lowest BCUT2D eigenvalue weighted by atomic mass is 10.1. The van der Waals surface area contributed by atoms with Crippen molar-refractivity contribution in [2.45, 2.75) is 19.6 Å². The Balaban J connectivity index is 1.95. The number of aryl methyl sites for hydroxylation is 1. The average molecular weight is 540 g/mol. The van der Waals surface area contributed by atoms with Crippen LogP contribution < -0.4 is 16.1 Å². The third-order valence-electron chi connectivity index (χ3n) is 5.43. The lowest BCUT2D eigenvalue weighted by molar-refractivity contribution is -0.137. The maximum absolute atomic E-state index is 13.4. The first-order valence-electron chi connectivity index (χ1n) is 10.4. The average Bonchev–Trinajstić information content (AvgIpc) is 3.09. The molecule has 0 atom stereocenters. The number of benzene rings is 2. The molecule has 0 aliphatic carbocycles. The van der Waals surface area contributed by atoms with Gasteiger partial charge in [0.15, 0.2) is 0 Å². The van der Waals surface area contributed by atoms with Gasteiger partial charge in [0.05, 0.1) is 39.6 Å². The Morgan fingerprint density at radius 1 is 1.14 bits per heavy atom. The van der Waals surface area contributed by atoms with Gasteiger partial charge in [-0.25, -0.2) is 9.59 Å². The number of esters is 1. The molecule has 0 bridgehead atoms. The molecule has 8 nitrogen and oxygen atoms in total. The van der Waals surface area contributed by atoms with Crippen LogP contribution in [-0.4, -0.2) is 26.3 Å². The molecule has 4 aromatic rings. The predicted molar refractivity (Wildman–Crippen MR) is 128 cm³/mol. The minimum absolute atomic E-state index is 0.0548. The number of hydrogen-bond donors (Lipinski definition) is 0. The van der Waals surface area contributed by atoms with Crippen LogP contribution in [0.25, 0.3) is 15.9 Å². The second-order valence-corrected chi connectivity index (χ2v) is 9.03. The first-order chi connectivity index (χ1) is 16.9. The van der Waals surface area contributed by atoms with E-state index >= 15 is 0 Å². The predicted octanol–water partition coefficient (Wildman–Crippen LogP) is 3.81. The van der Waals surface area contributed by atoms with Gasteiger partial charge in [0.1, 0.15) is 5.56 Å². The van der Waals surface area contributed by atoms with E-state index in [9.17, 15) is 32.3 Å². The van der Waals surface area contributed by atoms with E-state index < -0.39 is 46.1 Å². The number of rotatable bonds is 5. The Morgan fingerprint density at radius 3 is 2.53 bits per heavy atom. The van der Waals surface area contributed by atoms with Gasteiger partial charge >= 0.3 is 22.7 Å². The number of hydrogen-bond acceptors (Lipinski definition) is 6. The van der Waals surface area contributed by atoms with E-state index in [1.54, 1.807) is 13.1 Å². The van der Waals surface area contributed by atoms with E-state index in [1.165, 1.54) is 29.7 Å². The molecule has 0 aliphatic rings. The molecule has 2 aromatic heterocycles. The van der Waals surface area contributed by atoms with Crippen LogP contribution >= 0.6 is 22.9 Å². The van der Waals surface area contributed by atoms with Gasteiger partial charge in [0, 0.05) is 13.2 Å². The molecule has 0 fully saturated rings. The summed E-state index contributed by atoms with van der Waals surface area (Å²) in [7, 11) is 1.59. The van der Waals surface area contributed by atoms with E-state index in [-0.39, 0.29) is 22.7 Å². The van der Waals surface area contributed by atoms with Crippen molar-refractivity contribution in [2.24, 2.45) is 7.05 Å². The summed E-state index contributed by atoms with van der Waals surface area (Å²) >= 11 is 6.91. The lowest BCUT2D eigenvalue weighted by Crippen LogP contribution is -2.42. The molecule has 0 radical (unpaired) electrons. The fourth-order valence-electron chi connectivity index (χ4n) is 3.64. The number of thiazole rings is 1. The highest BCUT2D eigenvalue weighted by Gasteiger charge is 2.34. The van der Waals surface area contributed by atoms with E-state index in [1.807, 2.05) is 0 Å². The van der Waals surface area contributed by atoms with Crippen molar-refractivity contribution in [3.8, 4) is 5.69 Å². The monoisotopic (exact) mass is 539 g/mol. The molecule has 0 amide bonds. The minimum Gasteiger partial charge on any atom is -0.462 e. The van der Waals surface area contributed by atoms with Crippen molar-refractivity contribution in [3.63, 3.8) is 0 Å². The number of aromatic nitrogens is 3. The Labute approximate surface area is 209 Å². The summed E-state index contributed by atoms with van der Waals surface area (Å²) < 4.78 is 48.5. The molecule has 0 saturated carbocycles. The molecule has 2 aromatic carbocycles. The van der Waals surface area contributed by atoms with Crippen LogP contribution in [0.1, 0.15) is 28.4 Å². The smallest absolute Gasteiger partial charge is 0.417 e. The Kier molecular flexibility index (Phi) is 6.67. The number of nitrogens with zero attached hydrogens (tertiary/aromatic N) is 3. The zero-order valence-electron chi connectivity index (χ0n) is 18.8. The zero-order valence-corrected chi connectivity index (χ0v) is 20.3. The number of ether oxygens (including phenoxy) is 1. The SMILES string of the molecule is CCOC(=O)c1cn(-c2ccc3c(c2)sc(=O)n3C)c(=O)n(Cc2cccc(C(F)(F)F)c2Cl)c1=O. The quantitative estimate of drug-likeness (QED) is 0.360. The Morgan fingerprint density at radius 2 is 1.86 bits per heavy atom. The van der Waals surface area contributed by atoms with Crippen molar-refractivity contribution in [2.75, 3.05) is 6.61 Å². The van der Waals surface area contributed by atoms with Gasteiger partial charge in [0.2, 0.25) is 0 Å². The molecule has 0 N–H and O–H groups in total. The minimum atomic E-state index is -4.75. The first-order valence-corrected chi connectivity index (χ1v) is 11.6. The molecule has 2 heterocycles. The van der Waals surface area contributed by atoms with Crippen LogP contribution in [0.2, 0.25) is 5.02 Å². The lowest BCUT2D eigenvalue weighted by Gasteiger charge is -2.15. The second-order valence-electron chi connectivity index (χ2n) is 7.66. The number of halogens is 4. The molecule has 0 spiro atoms. The van der Waals surface area contributed by atoms with Gasteiger partial charge in [-0.3, -0.25) is 18.7 Å². The standard InChI is InChI=1S/C23H17ClF3N3O5S/c1-3-35-20(32)14-11-29(13-7-8-16-17(9-13)36-22(34)28(16)2)21(33)30(19(14)31)10-12-5-4-6-15(18(12)24)23(25,26)27/h4-9,11H,3,10H2,1-2H3. The van der Waals surface area contributed by atoms with Gasteiger partial charge in [-0.15, -0.1) is 0 Å².